The Hall–Kier alpha value is -3.27. The van der Waals surface area contributed by atoms with E-state index in [-0.39, 0.29) is 11.3 Å². The number of methoxy groups -OCH3 is 1. The van der Waals surface area contributed by atoms with E-state index in [0.29, 0.717) is 21.3 Å². The molecule has 1 heterocycles. The maximum atomic E-state index is 13.7. The predicted octanol–water partition coefficient (Wildman–Crippen LogP) is 3.20. The third-order valence-electron chi connectivity index (χ3n) is 4.58. The number of esters is 1. The molecule has 0 saturated heterocycles. The van der Waals surface area contributed by atoms with Gasteiger partial charge in [0.2, 0.25) is 10.0 Å². The Bertz CT molecular complexity index is 1250. The summed E-state index contributed by atoms with van der Waals surface area (Å²) in [6.07, 6.45) is 2.12. The van der Waals surface area contributed by atoms with Gasteiger partial charge in [0.1, 0.15) is 6.04 Å². The van der Waals surface area contributed by atoms with Crippen LogP contribution in [0.5, 0.6) is 0 Å². The van der Waals surface area contributed by atoms with Gasteiger partial charge in [0.15, 0.2) is 11.6 Å². The molecule has 0 spiro atoms. The summed E-state index contributed by atoms with van der Waals surface area (Å²) in [6.45, 7) is 1.32. The van der Waals surface area contributed by atoms with E-state index in [1.807, 2.05) is 0 Å². The molecule has 1 atom stereocenters. The molecule has 158 valence electrons. The smallest absolute Gasteiger partial charge is 0.340 e. The van der Waals surface area contributed by atoms with Crippen molar-refractivity contribution < 1.29 is 31.5 Å². The number of carbonyl (C=O) groups excluding carboxylic acids is 2. The second kappa shape index (κ2) is 7.86. The predicted molar refractivity (Wildman–Crippen MR) is 107 cm³/mol. The Morgan fingerprint density at radius 2 is 1.77 bits per heavy atom. The maximum Gasteiger partial charge on any atom is 0.340 e. The van der Waals surface area contributed by atoms with Gasteiger partial charge >= 0.3 is 5.97 Å². The molecule has 0 fully saturated rings. The topological polar surface area (TPSA) is 85.7 Å². The van der Waals surface area contributed by atoms with E-state index < -0.39 is 39.6 Å². The minimum atomic E-state index is -4.05. The molecule has 30 heavy (non-hydrogen) atoms. The number of carbonyl (C=O) groups is 2. The number of hydrogen-bond acceptors (Lipinski definition) is 5. The Kier molecular flexibility index (Phi) is 5.62. The van der Waals surface area contributed by atoms with Gasteiger partial charge in [-0.25, -0.2) is 22.0 Å². The minimum absolute atomic E-state index is 0.132. The van der Waals surface area contributed by atoms with Crippen molar-refractivity contribution >= 4 is 38.5 Å². The van der Waals surface area contributed by atoms with Crippen LogP contribution in [0, 0.1) is 11.6 Å². The van der Waals surface area contributed by atoms with Gasteiger partial charge in [-0.05, 0) is 25.1 Å². The van der Waals surface area contributed by atoms with Crippen molar-refractivity contribution in [3.8, 4) is 0 Å². The first-order valence-corrected chi connectivity index (χ1v) is 10.6. The summed E-state index contributed by atoms with van der Waals surface area (Å²) in [4.78, 5) is 25.3. The van der Waals surface area contributed by atoms with E-state index in [2.05, 4.69) is 0 Å². The van der Waals surface area contributed by atoms with Crippen LogP contribution in [-0.2, 0) is 14.8 Å². The van der Waals surface area contributed by atoms with E-state index in [1.165, 1.54) is 20.2 Å². The number of fused-ring (bicyclic) bond motifs is 1. The van der Waals surface area contributed by atoms with Crippen molar-refractivity contribution in [2.24, 2.45) is 0 Å². The van der Waals surface area contributed by atoms with Crippen LogP contribution >= 0.6 is 0 Å². The lowest BCUT2D eigenvalue weighted by molar-refractivity contribution is 0.0603. The van der Waals surface area contributed by atoms with Crippen LogP contribution in [0.25, 0.3) is 10.9 Å². The van der Waals surface area contributed by atoms with Gasteiger partial charge < -0.3 is 4.74 Å². The average molecular weight is 436 g/mol. The maximum absolute atomic E-state index is 13.7. The first kappa shape index (κ1) is 21.4. The molecule has 7 nitrogen and oxygen atoms in total. The third-order valence-corrected chi connectivity index (χ3v) is 5.82. The zero-order chi connectivity index (χ0) is 22.2. The summed E-state index contributed by atoms with van der Waals surface area (Å²) in [5.74, 6) is -3.76. The molecule has 0 radical (unpaired) electrons. The highest BCUT2D eigenvalue weighted by atomic mass is 32.2. The zero-order valence-corrected chi connectivity index (χ0v) is 17.1. The van der Waals surface area contributed by atoms with E-state index in [0.717, 1.165) is 23.0 Å². The Labute approximate surface area is 171 Å². The lowest BCUT2D eigenvalue weighted by Crippen LogP contribution is -2.44. The molecule has 0 aliphatic heterocycles. The van der Waals surface area contributed by atoms with Crippen molar-refractivity contribution in [3.05, 3.63) is 65.9 Å². The van der Waals surface area contributed by atoms with Gasteiger partial charge in [-0.1, -0.05) is 18.2 Å². The van der Waals surface area contributed by atoms with E-state index in [4.69, 9.17) is 4.74 Å². The molecular formula is C20H18F2N2O5S. The van der Waals surface area contributed by atoms with Crippen LogP contribution in [0.1, 0.15) is 22.1 Å². The molecule has 0 bridgehead atoms. The van der Waals surface area contributed by atoms with Crippen LogP contribution in [0.3, 0.4) is 0 Å². The molecule has 0 aliphatic carbocycles. The third kappa shape index (κ3) is 3.78. The highest BCUT2D eigenvalue weighted by Gasteiger charge is 2.32. The number of anilines is 1. The van der Waals surface area contributed by atoms with E-state index in [1.54, 1.807) is 24.3 Å². The van der Waals surface area contributed by atoms with Crippen molar-refractivity contribution in [2.75, 3.05) is 17.7 Å². The summed E-state index contributed by atoms with van der Waals surface area (Å²) in [5.41, 5.74) is 0.294. The molecule has 3 aromatic rings. The molecule has 0 aliphatic rings. The quantitative estimate of drug-likeness (QED) is 0.574. The molecule has 1 aromatic heterocycles. The van der Waals surface area contributed by atoms with Crippen molar-refractivity contribution in [1.29, 1.82) is 0 Å². The van der Waals surface area contributed by atoms with Gasteiger partial charge in [-0.2, -0.15) is 0 Å². The van der Waals surface area contributed by atoms with E-state index >= 15 is 0 Å². The second-order valence-electron chi connectivity index (χ2n) is 6.59. The van der Waals surface area contributed by atoms with Gasteiger partial charge in [0.05, 0.1) is 30.1 Å². The largest absolute Gasteiger partial charge is 0.465 e. The highest BCUT2D eigenvalue weighted by Crippen LogP contribution is 2.27. The fraction of sp³-hybridized carbons (Fsp3) is 0.200. The van der Waals surface area contributed by atoms with Gasteiger partial charge in [-0.3, -0.25) is 13.7 Å². The van der Waals surface area contributed by atoms with Crippen molar-refractivity contribution in [1.82, 2.24) is 4.57 Å². The monoisotopic (exact) mass is 436 g/mol. The average Bonchev–Trinajstić information content (AvgIpc) is 3.08. The number of hydrogen-bond donors (Lipinski definition) is 0. The van der Waals surface area contributed by atoms with Gasteiger partial charge in [0, 0.05) is 17.6 Å². The van der Waals surface area contributed by atoms with Crippen molar-refractivity contribution in [3.63, 3.8) is 0 Å². The lowest BCUT2D eigenvalue weighted by atomic mass is 10.2. The molecule has 0 saturated carbocycles. The summed E-state index contributed by atoms with van der Waals surface area (Å²) >= 11 is 0. The second-order valence-corrected chi connectivity index (χ2v) is 8.45. The van der Waals surface area contributed by atoms with Gasteiger partial charge in [-0.15, -0.1) is 0 Å². The Balaban J connectivity index is 2.13. The highest BCUT2D eigenvalue weighted by molar-refractivity contribution is 7.92. The van der Waals surface area contributed by atoms with Crippen molar-refractivity contribution in [2.45, 2.75) is 13.0 Å². The summed E-state index contributed by atoms with van der Waals surface area (Å²) in [7, 11) is -2.85. The summed E-state index contributed by atoms with van der Waals surface area (Å²) in [6, 6.07) is 7.77. The summed E-state index contributed by atoms with van der Waals surface area (Å²) < 4.78 is 58.4. The van der Waals surface area contributed by atoms with E-state index in [9.17, 15) is 26.8 Å². The number of halogens is 2. The molecule has 0 N–H and O–H groups in total. The number of ether oxygens (including phenoxy) is 1. The number of sulfonamides is 1. The van der Waals surface area contributed by atoms with Gasteiger partial charge in [0.25, 0.3) is 5.91 Å². The Morgan fingerprint density at radius 3 is 2.37 bits per heavy atom. The van der Waals surface area contributed by atoms with Crippen LogP contribution in [0.15, 0.2) is 48.7 Å². The molecule has 10 heteroatoms. The Morgan fingerprint density at radius 1 is 1.10 bits per heavy atom. The number of benzene rings is 2. The number of aromatic nitrogens is 1. The zero-order valence-electron chi connectivity index (χ0n) is 16.3. The molecular weight excluding hydrogens is 418 g/mol. The van der Waals surface area contributed by atoms with Crippen LogP contribution in [0.4, 0.5) is 14.5 Å². The van der Waals surface area contributed by atoms with Crippen LogP contribution < -0.4 is 4.31 Å². The van der Waals surface area contributed by atoms with Crippen LogP contribution in [0.2, 0.25) is 0 Å². The first-order valence-electron chi connectivity index (χ1n) is 8.73. The summed E-state index contributed by atoms with van der Waals surface area (Å²) in [5, 5.41) is 0.448. The lowest BCUT2D eigenvalue weighted by Gasteiger charge is -2.28. The normalized spacial score (nSPS) is 12.6. The molecule has 0 amide bonds. The van der Waals surface area contributed by atoms with Crippen LogP contribution in [-0.4, -0.2) is 44.3 Å². The standard InChI is InChI=1S/C20H18F2N2O5S/c1-12(24(30(3,27)28)13-8-9-16(21)17(22)10-13)19(25)23-11-15(20(26)29-2)14-6-4-5-7-18(14)23/h4-12H,1-3H3/t12-/m1/s1. The number of nitrogens with zero attached hydrogens (tertiary/aromatic N) is 2. The molecule has 3 rings (SSSR count). The fourth-order valence-electron chi connectivity index (χ4n) is 3.26. The number of para-hydroxylation sites is 1. The molecule has 2 aromatic carbocycles. The molecule has 0 unspecified atom stereocenters. The SMILES string of the molecule is COC(=O)c1cn(C(=O)[C@@H](C)N(c2ccc(F)c(F)c2)S(C)(=O)=O)c2ccccc12. The minimum Gasteiger partial charge on any atom is -0.465 e. The number of rotatable bonds is 5. The first-order chi connectivity index (χ1) is 14.1. The fourth-order valence-corrected chi connectivity index (χ4v) is 4.42.